The molecule has 1 unspecified atom stereocenters. The van der Waals surface area contributed by atoms with E-state index in [9.17, 15) is 4.79 Å². The first-order chi connectivity index (χ1) is 19.7. The van der Waals surface area contributed by atoms with Gasteiger partial charge in [-0.15, -0.1) is 5.10 Å². The van der Waals surface area contributed by atoms with Gasteiger partial charge in [-0.3, -0.25) is 14.6 Å². The third-order valence-electron chi connectivity index (χ3n) is 7.59. The fourth-order valence-corrected chi connectivity index (χ4v) is 5.54. The van der Waals surface area contributed by atoms with Gasteiger partial charge in [0, 0.05) is 56.8 Å². The summed E-state index contributed by atoms with van der Waals surface area (Å²) < 4.78 is 29.1. The number of piperazine rings is 1. The molecular weight excluding hydrogens is 518 g/mol. The molecule has 5 heterocycles. The summed E-state index contributed by atoms with van der Waals surface area (Å²) in [5.41, 5.74) is 2.23. The van der Waals surface area contributed by atoms with E-state index in [-0.39, 0.29) is 19.1 Å². The zero-order valence-electron chi connectivity index (χ0n) is 22.0. The highest BCUT2D eigenvalue weighted by molar-refractivity contribution is 5.83. The second-order valence-electron chi connectivity index (χ2n) is 10.0. The molecule has 3 aliphatic heterocycles. The number of nitrogens with zero attached hydrogens (tertiary/aromatic N) is 6. The fourth-order valence-electron chi connectivity index (χ4n) is 5.54. The number of benzene rings is 2. The van der Waals surface area contributed by atoms with Crippen molar-refractivity contribution >= 4 is 10.9 Å². The van der Waals surface area contributed by atoms with Crippen LogP contribution in [0.4, 0.5) is 0 Å². The molecule has 2 aromatic heterocycles. The Hall–Kier alpha value is -4.20. The van der Waals surface area contributed by atoms with Crippen molar-refractivity contribution in [2.75, 3.05) is 53.5 Å². The van der Waals surface area contributed by atoms with Crippen LogP contribution in [0.3, 0.4) is 0 Å². The summed E-state index contributed by atoms with van der Waals surface area (Å²) in [7, 11) is 1.64. The molecule has 1 atom stereocenters. The van der Waals surface area contributed by atoms with Gasteiger partial charge in [0.2, 0.25) is 13.6 Å². The van der Waals surface area contributed by atoms with Gasteiger partial charge >= 0.3 is 0 Å². The van der Waals surface area contributed by atoms with E-state index in [0.29, 0.717) is 41.6 Å². The zero-order chi connectivity index (χ0) is 27.1. The molecule has 2 aromatic carbocycles. The largest absolute Gasteiger partial charge is 0.454 e. The molecule has 0 aliphatic carbocycles. The molecular formula is C27H29N7O6. The van der Waals surface area contributed by atoms with E-state index in [1.54, 1.807) is 17.9 Å². The van der Waals surface area contributed by atoms with Crippen molar-refractivity contribution in [2.24, 2.45) is 0 Å². The Morgan fingerprint density at radius 3 is 2.50 bits per heavy atom. The molecule has 0 saturated carbocycles. The van der Waals surface area contributed by atoms with Gasteiger partial charge in [-0.2, -0.15) is 0 Å². The molecule has 1 saturated heterocycles. The maximum atomic E-state index is 13.5. The molecule has 13 nitrogen and oxygen atoms in total. The van der Waals surface area contributed by atoms with Crippen molar-refractivity contribution in [3.05, 3.63) is 63.7 Å². The van der Waals surface area contributed by atoms with Crippen LogP contribution in [0, 0.1) is 0 Å². The number of H-pyrrole nitrogens is 1. The van der Waals surface area contributed by atoms with Crippen LogP contribution in [-0.4, -0.2) is 88.5 Å². The average Bonchev–Trinajstić information content (AvgIpc) is 3.73. The third kappa shape index (κ3) is 4.61. The summed E-state index contributed by atoms with van der Waals surface area (Å²) in [6.45, 7) is 5.23. The molecule has 40 heavy (non-hydrogen) atoms. The lowest BCUT2D eigenvalue weighted by atomic mass is 10.0. The fraction of sp³-hybridized carbons (Fsp3) is 0.407. The number of hydrogen-bond acceptors (Lipinski definition) is 11. The van der Waals surface area contributed by atoms with Crippen LogP contribution in [-0.2, 0) is 17.8 Å². The summed E-state index contributed by atoms with van der Waals surface area (Å²) in [6.07, 6.45) is 0. The molecule has 1 fully saturated rings. The van der Waals surface area contributed by atoms with Crippen molar-refractivity contribution in [3.63, 3.8) is 0 Å². The molecule has 0 spiro atoms. The maximum absolute atomic E-state index is 13.5. The van der Waals surface area contributed by atoms with E-state index in [0.717, 1.165) is 49.6 Å². The molecule has 0 radical (unpaired) electrons. The highest BCUT2D eigenvalue weighted by atomic mass is 16.7. The van der Waals surface area contributed by atoms with E-state index >= 15 is 0 Å². The van der Waals surface area contributed by atoms with Gasteiger partial charge in [-0.05, 0) is 40.3 Å². The van der Waals surface area contributed by atoms with Crippen molar-refractivity contribution < 1.29 is 23.7 Å². The van der Waals surface area contributed by atoms with E-state index in [2.05, 4.69) is 36.4 Å². The lowest BCUT2D eigenvalue weighted by Crippen LogP contribution is -2.48. The molecule has 208 valence electrons. The predicted octanol–water partition coefficient (Wildman–Crippen LogP) is 1.53. The van der Waals surface area contributed by atoms with Gasteiger partial charge in [0.25, 0.3) is 5.56 Å². The number of ether oxygens (including phenoxy) is 5. The molecule has 1 N–H and O–H groups in total. The first-order valence-corrected chi connectivity index (χ1v) is 13.2. The lowest BCUT2D eigenvalue weighted by Gasteiger charge is -2.38. The van der Waals surface area contributed by atoms with Crippen molar-refractivity contribution in [1.29, 1.82) is 0 Å². The number of hydrogen-bond donors (Lipinski definition) is 1. The van der Waals surface area contributed by atoms with Gasteiger partial charge < -0.3 is 28.7 Å². The number of rotatable bonds is 8. The molecule has 0 amide bonds. The highest BCUT2D eigenvalue weighted by Gasteiger charge is 2.33. The summed E-state index contributed by atoms with van der Waals surface area (Å²) >= 11 is 0. The van der Waals surface area contributed by atoms with Crippen molar-refractivity contribution in [1.82, 2.24) is 35.0 Å². The normalized spacial score (nSPS) is 17.5. The van der Waals surface area contributed by atoms with Crippen LogP contribution < -0.4 is 24.5 Å². The minimum atomic E-state index is -0.446. The standard InChI is InChI=1S/C27H29N7O6/c1-36-9-8-34-26(29-30-31-34)25(19-11-18-12-23-24(40-16-39-23)13-20(18)28-27(19)35)33-6-4-32(5-7-33)14-17-2-3-21-22(10-17)38-15-37-21/h2-3,10-13,25H,4-9,14-16H2,1H3,(H,28,35). The van der Waals surface area contributed by atoms with Crippen molar-refractivity contribution in [2.45, 2.75) is 19.1 Å². The van der Waals surface area contributed by atoms with Crippen molar-refractivity contribution in [3.8, 4) is 23.0 Å². The first-order valence-electron chi connectivity index (χ1n) is 13.2. The Labute approximate surface area is 229 Å². The number of aromatic amines is 1. The number of tetrazole rings is 1. The van der Waals surface area contributed by atoms with Gasteiger partial charge in [0.15, 0.2) is 28.8 Å². The topological polar surface area (TPSA) is 129 Å². The molecule has 7 rings (SSSR count). The van der Waals surface area contributed by atoms with Crippen LogP contribution in [0.15, 0.2) is 41.2 Å². The number of pyridine rings is 1. The number of methoxy groups -OCH3 is 1. The van der Waals surface area contributed by atoms with E-state index < -0.39 is 6.04 Å². The molecule has 3 aliphatic rings. The minimum Gasteiger partial charge on any atom is -0.454 e. The molecule has 0 bridgehead atoms. The lowest BCUT2D eigenvalue weighted by molar-refractivity contribution is 0.0984. The number of fused-ring (bicyclic) bond motifs is 3. The second-order valence-corrected chi connectivity index (χ2v) is 10.0. The van der Waals surface area contributed by atoms with Gasteiger partial charge in [0.1, 0.15) is 6.04 Å². The summed E-state index contributed by atoms with van der Waals surface area (Å²) in [5, 5.41) is 13.4. The third-order valence-corrected chi connectivity index (χ3v) is 7.59. The smallest absolute Gasteiger partial charge is 0.253 e. The van der Waals surface area contributed by atoms with Gasteiger partial charge in [0.05, 0.1) is 18.7 Å². The van der Waals surface area contributed by atoms with E-state index in [4.69, 9.17) is 23.7 Å². The quantitative estimate of drug-likeness (QED) is 0.345. The van der Waals surface area contributed by atoms with Crippen LogP contribution in [0.2, 0.25) is 0 Å². The SMILES string of the molecule is COCCn1nnnc1C(c1cc2cc3c(cc2[nH]c1=O)OCO3)N1CCN(Cc2ccc3c(c2)OCO3)CC1. The number of nitrogens with one attached hydrogen (secondary N) is 1. The Morgan fingerprint density at radius 1 is 0.950 bits per heavy atom. The summed E-state index contributed by atoms with van der Waals surface area (Å²) in [5.74, 6) is 3.45. The predicted molar refractivity (Wildman–Crippen MR) is 142 cm³/mol. The van der Waals surface area contributed by atoms with Gasteiger partial charge in [-0.25, -0.2) is 4.68 Å². The van der Waals surface area contributed by atoms with Crippen LogP contribution in [0.25, 0.3) is 10.9 Å². The Balaban J connectivity index is 1.18. The minimum absolute atomic E-state index is 0.163. The van der Waals surface area contributed by atoms with E-state index in [1.807, 2.05) is 24.3 Å². The van der Waals surface area contributed by atoms with Crippen LogP contribution in [0.1, 0.15) is 23.0 Å². The average molecular weight is 548 g/mol. The molecule has 4 aromatic rings. The number of aromatic nitrogens is 5. The van der Waals surface area contributed by atoms with Crippen LogP contribution >= 0.6 is 0 Å². The van der Waals surface area contributed by atoms with Gasteiger partial charge in [-0.1, -0.05) is 6.07 Å². The zero-order valence-corrected chi connectivity index (χ0v) is 22.0. The summed E-state index contributed by atoms with van der Waals surface area (Å²) in [6, 6.07) is 11.2. The Morgan fingerprint density at radius 2 is 1.70 bits per heavy atom. The monoisotopic (exact) mass is 547 g/mol. The van der Waals surface area contributed by atoms with E-state index in [1.165, 1.54) is 5.56 Å². The highest BCUT2D eigenvalue weighted by Crippen LogP contribution is 2.37. The second kappa shape index (κ2) is 10.4. The Kier molecular flexibility index (Phi) is 6.46. The first kappa shape index (κ1) is 24.8. The maximum Gasteiger partial charge on any atom is 0.253 e. The summed E-state index contributed by atoms with van der Waals surface area (Å²) in [4.78, 5) is 21.3. The molecule has 13 heteroatoms. The Bertz CT molecular complexity index is 1600. The van der Waals surface area contributed by atoms with Crippen LogP contribution in [0.5, 0.6) is 23.0 Å².